The number of allylic oxidation sites excluding steroid dienone is 2. The van der Waals surface area contributed by atoms with Crippen molar-refractivity contribution in [3.05, 3.63) is 41.0 Å². The number of methoxy groups -OCH3 is 1. The monoisotopic (exact) mass is 533 g/mol. The van der Waals surface area contributed by atoms with Crippen LogP contribution < -0.4 is 9.47 Å². The molecule has 0 bridgehead atoms. The van der Waals surface area contributed by atoms with Gasteiger partial charge in [0.25, 0.3) is 0 Å². The molecule has 0 radical (unpaired) electrons. The van der Waals surface area contributed by atoms with Crippen molar-refractivity contribution >= 4 is 17.6 Å². The Morgan fingerprint density at radius 3 is 2.64 bits per heavy atom. The SMILES string of the molecule is COc1cc(/C=C2\C[C@H]3[C@@H]4CCC5=CC(=O)CC[C@]5(C)[C@H]4CC[C@]3(C)C2=O)ccc1OCCN1CCOCC1. The van der Waals surface area contributed by atoms with E-state index in [2.05, 4.69) is 24.8 Å². The molecule has 1 aromatic carbocycles. The van der Waals surface area contributed by atoms with Crippen molar-refractivity contribution < 1.29 is 23.8 Å². The van der Waals surface area contributed by atoms with Crippen LogP contribution in [0.4, 0.5) is 0 Å². The van der Waals surface area contributed by atoms with Crippen LogP contribution >= 0.6 is 0 Å². The lowest BCUT2D eigenvalue weighted by Crippen LogP contribution is -2.50. The molecule has 1 saturated heterocycles. The Bertz CT molecular complexity index is 1200. The van der Waals surface area contributed by atoms with Crippen molar-refractivity contribution in [2.45, 2.75) is 58.8 Å². The Morgan fingerprint density at radius 2 is 1.85 bits per heavy atom. The molecule has 5 aliphatic rings. The molecule has 4 fully saturated rings. The molecule has 0 unspecified atom stereocenters. The summed E-state index contributed by atoms with van der Waals surface area (Å²) in [6.45, 7) is 9.54. The van der Waals surface area contributed by atoms with Crippen molar-refractivity contribution in [1.29, 1.82) is 0 Å². The van der Waals surface area contributed by atoms with Crippen LogP contribution in [0.1, 0.15) is 64.4 Å². The fourth-order valence-electron chi connectivity index (χ4n) is 8.56. The first-order valence-electron chi connectivity index (χ1n) is 14.9. The van der Waals surface area contributed by atoms with Crippen LogP contribution in [0.15, 0.2) is 35.4 Å². The predicted octanol–water partition coefficient (Wildman–Crippen LogP) is 5.50. The first-order valence-corrected chi connectivity index (χ1v) is 14.9. The Kier molecular flexibility index (Phi) is 7.22. The second kappa shape index (κ2) is 10.5. The number of hydrogen-bond acceptors (Lipinski definition) is 6. The van der Waals surface area contributed by atoms with Crippen LogP contribution in [0.5, 0.6) is 11.5 Å². The van der Waals surface area contributed by atoms with Gasteiger partial charge in [0.15, 0.2) is 23.1 Å². The molecule has 6 rings (SSSR count). The molecule has 1 heterocycles. The Hall–Kier alpha value is -2.44. The predicted molar refractivity (Wildman–Crippen MR) is 151 cm³/mol. The van der Waals surface area contributed by atoms with Crippen LogP contribution in [0.25, 0.3) is 6.08 Å². The van der Waals surface area contributed by atoms with E-state index in [1.54, 1.807) is 7.11 Å². The maximum absolute atomic E-state index is 13.9. The average molecular weight is 534 g/mol. The fourth-order valence-corrected chi connectivity index (χ4v) is 8.56. The third-order valence-electron chi connectivity index (χ3n) is 10.9. The quantitative estimate of drug-likeness (QED) is 0.450. The molecule has 3 saturated carbocycles. The van der Waals surface area contributed by atoms with Gasteiger partial charge in [0.1, 0.15) is 6.61 Å². The number of nitrogens with zero attached hydrogens (tertiary/aromatic N) is 1. The highest BCUT2D eigenvalue weighted by molar-refractivity contribution is 6.06. The minimum Gasteiger partial charge on any atom is -0.493 e. The molecule has 1 aromatic rings. The van der Waals surface area contributed by atoms with Crippen molar-refractivity contribution in [2.24, 2.45) is 28.6 Å². The summed E-state index contributed by atoms with van der Waals surface area (Å²) in [6, 6.07) is 6.00. The summed E-state index contributed by atoms with van der Waals surface area (Å²) >= 11 is 0. The van der Waals surface area contributed by atoms with Gasteiger partial charge in [0, 0.05) is 31.5 Å². The molecule has 0 N–H and O–H groups in total. The summed E-state index contributed by atoms with van der Waals surface area (Å²) in [5.74, 6) is 3.57. The molecule has 6 heteroatoms. The van der Waals surface area contributed by atoms with E-state index in [1.807, 2.05) is 24.3 Å². The van der Waals surface area contributed by atoms with Gasteiger partial charge in [0.2, 0.25) is 0 Å². The number of ketones is 2. The maximum atomic E-state index is 13.9. The zero-order chi connectivity index (χ0) is 27.2. The zero-order valence-electron chi connectivity index (χ0n) is 23.8. The van der Waals surface area contributed by atoms with E-state index in [0.717, 1.165) is 88.3 Å². The second-order valence-corrected chi connectivity index (χ2v) is 12.8. The van der Waals surface area contributed by atoms with Gasteiger partial charge in [-0.15, -0.1) is 0 Å². The molecule has 0 spiro atoms. The first-order chi connectivity index (χ1) is 18.8. The van der Waals surface area contributed by atoms with Crippen LogP contribution in [-0.2, 0) is 14.3 Å². The summed E-state index contributed by atoms with van der Waals surface area (Å²) < 4.78 is 17.2. The van der Waals surface area contributed by atoms with Gasteiger partial charge in [0.05, 0.1) is 20.3 Å². The van der Waals surface area contributed by atoms with Gasteiger partial charge in [-0.3, -0.25) is 14.5 Å². The highest BCUT2D eigenvalue weighted by Gasteiger charge is 2.60. The summed E-state index contributed by atoms with van der Waals surface area (Å²) in [6.07, 6.45) is 10.7. The molecular weight excluding hydrogens is 490 g/mol. The van der Waals surface area contributed by atoms with Crippen LogP contribution in [0.3, 0.4) is 0 Å². The largest absolute Gasteiger partial charge is 0.493 e. The Morgan fingerprint density at radius 1 is 1.03 bits per heavy atom. The number of Topliss-reactive ketones (excluding diaryl/α,β-unsaturated/α-hetero) is 1. The molecule has 1 aliphatic heterocycles. The van der Waals surface area contributed by atoms with Gasteiger partial charge < -0.3 is 14.2 Å². The number of ether oxygens (including phenoxy) is 3. The van der Waals surface area contributed by atoms with Crippen molar-refractivity contribution in [3.8, 4) is 11.5 Å². The summed E-state index contributed by atoms with van der Waals surface area (Å²) in [4.78, 5) is 28.4. The van der Waals surface area contributed by atoms with Crippen molar-refractivity contribution in [3.63, 3.8) is 0 Å². The summed E-state index contributed by atoms with van der Waals surface area (Å²) in [7, 11) is 1.67. The summed E-state index contributed by atoms with van der Waals surface area (Å²) in [5.41, 5.74) is 3.17. The Balaban J connectivity index is 1.18. The molecule has 4 aliphatic carbocycles. The van der Waals surface area contributed by atoms with Gasteiger partial charge in [-0.25, -0.2) is 0 Å². The topological polar surface area (TPSA) is 65.1 Å². The van der Waals surface area contributed by atoms with E-state index in [4.69, 9.17) is 14.2 Å². The third kappa shape index (κ3) is 4.78. The fraction of sp³-hybridized carbons (Fsp3) is 0.636. The van der Waals surface area contributed by atoms with E-state index >= 15 is 0 Å². The molecular formula is C33H43NO5. The van der Waals surface area contributed by atoms with Crippen molar-refractivity contribution in [1.82, 2.24) is 4.90 Å². The van der Waals surface area contributed by atoms with Crippen LogP contribution in [0, 0.1) is 28.6 Å². The molecule has 6 nitrogen and oxygen atoms in total. The molecule has 39 heavy (non-hydrogen) atoms. The second-order valence-electron chi connectivity index (χ2n) is 12.8. The smallest absolute Gasteiger partial charge is 0.165 e. The number of carbonyl (C=O) groups excluding carboxylic acids is 2. The van der Waals surface area contributed by atoms with E-state index < -0.39 is 0 Å². The molecule has 210 valence electrons. The van der Waals surface area contributed by atoms with E-state index in [9.17, 15) is 9.59 Å². The van der Waals surface area contributed by atoms with Gasteiger partial charge in [-0.05, 0) is 97.1 Å². The molecule has 5 atom stereocenters. The number of benzene rings is 1. The van der Waals surface area contributed by atoms with Gasteiger partial charge in [-0.2, -0.15) is 0 Å². The lowest BCUT2D eigenvalue weighted by Gasteiger charge is -2.56. The third-order valence-corrected chi connectivity index (χ3v) is 10.9. The minimum absolute atomic E-state index is 0.124. The van der Waals surface area contributed by atoms with E-state index in [-0.39, 0.29) is 10.8 Å². The number of hydrogen-bond donors (Lipinski definition) is 0. The Labute approximate surface area is 232 Å². The van der Waals surface area contributed by atoms with E-state index in [1.165, 1.54) is 5.57 Å². The minimum atomic E-state index is -0.276. The van der Waals surface area contributed by atoms with Crippen molar-refractivity contribution in [2.75, 3.05) is 46.6 Å². The maximum Gasteiger partial charge on any atom is 0.165 e. The highest BCUT2D eigenvalue weighted by Crippen LogP contribution is 2.65. The molecule has 0 amide bonds. The van der Waals surface area contributed by atoms with E-state index in [0.29, 0.717) is 48.1 Å². The number of morpholine rings is 1. The van der Waals surface area contributed by atoms with Gasteiger partial charge >= 0.3 is 0 Å². The van der Waals surface area contributed by atoms with Crippen LogP contribution in [0.2, 0.25) is 0 Å². The lowest BCUT2D eigenvalue weighted by atomic mass is 9.47. The average Bonchev–Trinajstić information content (AvgIpc) is 3.20. The molecule has 0 aromatic heterocycles. The van der Waals surface area contributed by atoms with Gasteiger partial charge in [-0.1, -0.05) is 25.5 Å². The zero-order valence-corrected chi connectivity index (χ0v) is 23.8. The number of fused-ring (bicyclic) bond motifs is 5. The lowest BCUT2D eigenvalue weighted by molar-refractivity contribution is -0.130. The standard InChI is InChI=1S/C33H43NO5/c1-32-10-8-25(35)21-24(32)5-6-26-27(32)9-11-33(2)28(26)20-23(31(33)36)18-22-4-7-29(30(19-22)37-3)39-17-14-34-12-15-38-16-13-34/h4,7,18-19,21,26-28H,5-6,8-17,20H2,1-3H3/b23-18+/t26-,27+,28+,32+,33+/m1/s1. The highest BCUT2D eigenvalue weighted by atomic mass is 16.5. The normalized spacial score (nSPS) is 35.7. The number of carbonyl (C=O) groups is 2. The summed E-state index contributed by atoms with van der Waals surface area (Å²) in [5, 5.41) is 0. The number of rotatable bonds is 6. The first kappa shape index (κ1) is 26.8. The van der Waals surface area contributed by atoms with Crippen LogP contribution in [-0.4, -0.2) is 63.0 Å².